The minimum Gasteiger partial charge on any atom is -0.428 e. The molecule has 2 rings (SSSR count). The number of fused-ring (bicyclic) bond motifs is 1. The highest BCUT2D eigenvalue weighted by atomic mass is 35.5. The molecule has 0 spiro atoms. The number of halogens is 1. The molecule has 1 aromatic carbocycles. The van der Waals surface area contributed by atoms with Gasteiger partial charge in [0.15, 0.2) is 5.58 Å². The van der Waals surface area contributed by atoms with Crippen LogP contribution >= 0.6 is 11.6 Å². The molecular formula is C10H7ClN2O. The van der Waals surface area contributed by atoms with Crippen LogP contribution in [0.1, 0.15) is 18.4 Å². The highest BCUT2D eigenvalue weighted by molar-refractivity contribution is 6.28. The number of benzene rings is 1. The highest BCUT2D eigenvalue weighted by Crippen LogP contribution is 2.23. The van der Waals surface area contributed by atoms with Gasteiger partial charge in [-0.05, 0) is 36.2 Å². The van der Waals surface area contributed by atoms with Crippen molar-refractivity contribution >= 4 is 22.7 Å². The molecule has 4 heteroatoms. The first-order chi connectivity index (χ1) is 6.70. The van der Waals surface area contributed by atoms with Crippen molar-refractivity contribution in [3.05, 3.63) is 29.1 Å². The van der Waals surface area contributed by atoms with Gasteiger partial charge >= 0.3 is 0 Å². The lowest BCUT2D eigenvalue weighted by atomic mass is 10.0. The van der Waals surface area contributed by atoms with Gasteiger partial charge in [-0.25, -0.2) is 0 Å². The number of hydrogen-bond donors (Lipinski definition) is 0. The van der Waals surface area contributed by atoms with Crippen molar-refractivity contribution in [3.8, 4) is 6.07 Å². The first-order valence-corrected chi connectivity index (χ1v) is 4.54. The van der Waals surface area contributed by atoms with Gasteiger partial charge in [0.25, 0.3) is 5.35 Å². The predicted octanol–water partition coefficient (Wildman–Crippen LogP) is 3.11. The van der Waals surface area contributed by atoms with E-state index in [2.05, 4.69) is 11.1 Å². The van der Waals surface area contributed by atoms with E-state index in [-0.39, 0.29) is 11.3 Å². The lowest BCUT2D eigenvalue weighted by Gasteiger charge is -2.00. The molecule has 0 N–H and O–H groups in total. The van der Waals surface area contributed by atoms with Crippen LogP contribution in [0.5, 0.6) is 0 Å². The maximum Gasteiger partial charge on any atom is 0.293 e. The molecule has 0 fully saturated rings. The van der Waals surface area contributed by atoms with Crippen LogP contribution in [0.4, 0.5) is 0 Å². The summed E-state index contributed by atoms with van der Waals surface area (Å²) in [6.45, 7) is 1.84. The second kappa shape index (κ2) is 3.32. The molecule has 0 aliphatic rings. The fourth-order valence-corrected chi connectivity index (χ4v) is 1.43. The predicted molar refractivity (Wildman–Crippen MR) is 53.0 cm³/mol. The van der Waals surface area contributed by atoms with E-state index >= 15 is 0 Å². The standard InChI is InChI=1S/C10H7ClN2O/c1-6(5-12)7-2-3-9-8(4-7)13-10(11)14-9/h2-4,6H,1H3. The van der Waals surface area contributed by atoms with Crippen molar-refractivity contribution in [1.29, 1.82) is 5.26 Å². The third-order valence-corrected chi connectivity index (χ3v) is 2.24. The van der Waals surface area contributed by atoms with Crippen LogP contribution in [0.15, 0.2) is 22.6 Å². The van der Waals surface area contributed by atoms with Crippen molar-refractivity contribution in [2.24, 2.45) is 0 Å². The summed E-state index contributed by atoms with van der Waals surface area (Å²) in [5.74, 6) is -0.144. The molecule has 0 saturated carbocycles. The molecule has 1 heterocycles. The van der Waals surface area contributed by atoms with E-state index in [0.717, 1.165) is 5.56 Å². The van der Waals surface area contributed by atoms with E-state index in [9.17, 15) is 0 Å². The average molecular weight is 207 g/mol. The lowest BCUT2D eigenvalue weighted by molar-refractivity contribution is 0.604. The molecule has 0 aliphatic carbocycles. The van der Waals surface area contributed by atoms with Crippen molar-refractivity contribution in [1.82, 2.24) is 4.98 Å². The molecule has 1 aromatic heterocycles. The van der Waals surface area contributed by atoms with Gasteiger partial charge in [-0.3, -0.25) is 0 Å². The number of rotatable bonds is 1. The number of aromatic nitrogens is 1. The van der Waals surface area contributed by atoms with Crippen LogP contribution in [0.3, 0.4) is 0 Å². The number of nitrogens with zero attached hydrogens (tertiary/aromatic N) is 2. The van der Waals surface area contributed by atoms with Crippen LogP contribution in [0, 0.1) is 11.3 Å². The Morgan fingerprint density at radius 1 is 1.57 bits per heavy atom. The Morgan fingerprint density at radius 2 is 2.36 bits per heavy atom. The second-order valence-corrected chi connectivity index (χ2v) is 3.37. The average Bonchev–Trinajstić information content (AvgIpc) is 2.55. The van der Waals surface area contributed by atoms with E-state index in [1.165, 1.54) is 0 Å². The zero-order valence-corrected chi connectivity index (χ0v) is 8.25. The molecule has 3 nitrogen and oxygen atoms in total. The number of oxazole rings is 1. The SMILES string of the molecule is CC(C#N)c1ccc2oc(Cl)nc2c1. The number of hydrogen-bond acceptors (Lipinski definition) is 3. The maximum atomic E-state index is 8.75. The lowest BCUT2D eigenvalue weighted by Crippen LogP contribution is -1.88. The zero-order chi connectivity index (χ0) is 10.1. The quantitative estimate of drug-likeness (QED) is 0.720. The van der Waals surface area contributed by atoms with Crippen molar-refractivity contribution in [3.63, 3.8) is 0 Å². The van der Waals surface area contributed by atoms with Gasteiger partial charge in [0.05, 0.1) is 12.0 Å². The van der Waals surface area contributed by atoms with Crippen LogP contribution in [0.25, 0.3) is 11.1 Å². The van der Waals surface area contributed by atoms with Crippen molar-refractivity contribution in [2.75, 3.05) is 0 Å². The summed E-state index contributed by atoms with van der Waals surface area (Å²) in [7, 11) is 0. The fraction of sp³-hybridized carbons (Fsp3) is 0.200. The Balaban J connectivity index is 2.57. The summed E-state index contributed by atoms with van der Waals surface area (Å²) < 4.78 is 5.11. The Kier molecular flexibility index (Phi) is 2.14. The molecule has 1 unspecified atom stereocenters. The minimum absolute atomic E-state index is 0.127. The maximum absolute atomic E-state index is 8.75. The summed E-state index contributed by atoms with van der Waals surface area (Å²) >= 11 is 5.61. The van der Waals surface area contributed by atoms with Gasteiger partial charge in [0, 0.05) is 0 Å². The van der Waals surface area contributed by atoms with Crippen LogP contribution in [-0.2, 0) is 0 Å². The molecule has 0 amide bonds. The van der Waals surface area contributed by atoms with Gasteiger partial charge in [0.2, 0.25) is 0 Å². The van der Waals surface area contributed by atoms with Crippen molar-refractivity contribution < 1.29 is 4.42 Å². The molecular weight excluding hydrogens is 200 g/mol. The van der Waals surface area contributed by atoms with E-state index in [1.807, 2.05) is 19.1 Å². The van der Waals surface area contributed by atoms with Crippen molar-refractivity contribution in [2.45, 2.75) is 12.8 Å². The topological polar surface area (TPSA) is 49.8 Å². The Bertz CT molecular complexity index is 512. The van der Waals surface area contributed by atoms with Gasteiger partial charge in [-0.15, -0.1) is 0 Å². The highest BCUT2D eigenvalue weighted by Gasteiger charge is 2.08. The van der Waals surface area contributed by atoms with E-state index < -0.39 is 0 Å². The van der Waals surface area contributed by atoms with Gasteiger partial charge in [0.1, 0.15) is 5.52 Å². The zero-order valence-electron chi connectivity index (χ0n) is 7.49. The second-order valence-electron chi connectivity index (χ2n) is 3.04. The Hall–Kier alpha value is -1.53. The molecule has 14 heavy (non-hydrogen) atoms. The Morgan fingerprint density at radius 3 is 3.07 bits per heavy atom. The monoisotopic (exact) mass is 206 g/mol. The van der Waals surface area contributed by atoms with Crippen LogP contribution in [0.2, 0.25) is 5.35 Å². The van der Waals surface area contributed by atoms with Gasteiger partial charge in [-0.1, -0.05) is 6.07 Å². The summed E-state index contributed by atoms with van der Waals surface area (Å²) in [5.41, 5.74) is 2.25. The van der Waals surface area contributed by atoms with Gasteiger partial charge in [-0.2, -0.15) is 10.2 Å². The van der Waals surface area contributed by atoms with Crippen LogP contribution < -0.4 is 0 Å². The van der Waals surface area contributed by atoms with Gasteiger partial charge < -0.3 is 4.42 Å². The largest absolute Gasteiger partial charge is 0.428 e. The van der Waals surface area contributed by atoms with Crippen LogP contribution in [-0.4, -0.2) is 4.98 Å². The summed E-state index contributed by atoms with van der Waals surface area (Å²) in [5, 5.41) is 8.87. The molecule has 0 aliphatic heterocycles. The Labute approximate surface area is 85.9 Å². The van der Waals surface area contributed by atoms with E-state index in [4.69, 9.17) is 21.3 Å². The number of nitriles is 1. The first-order valence-electron chi connectivity index (χ1n) is 4.16. The molecule has 2 aromatic rings. The molecule has 70 valence electrons. The van der Waals surface area contributed by atoms with E-state index in [1.54, 1.807) is 6.07 Å². The summed E-state index contributed by atoms with van der Waals surface area (Å²) in [6.07, 6.45) is 0. The molecule has 0 saturated heterocycles. The third-order valence-electron chi connectivity index (χ3n) is 2.08. The summed E-state index contributed by atoms with van der Waals surface area (Å²) in [4.78, 5) is 3.98. The summed E-state index contributed by atoms with van der Waals surface area (Å²) in [6, 6.07) is 7.60. The minimum atomic E-state index is -0.144. The fourth-order valence-electron chi connectivity index (χ4n) is 1.26. The smallest absolute Gasteiger partial charge is 0.293 e. The molecule has 0 bridgehead atoms. The third kappa shape index (κ3) is 1.45. The van der Waals surface area contributed by atoms with E-state index in [0.29, 0.717) is 11.1 Å². The normalized spacial score (nSPS) is 12.6. The first kappa shape index (κ1) is 9.04. The molecule has 0 radical (unpaired) electrons. The molecule has 1 atom stereocenters.